The molecule has 0 saturated carbocycles. The van der Waals surface area contributed by atoms with Gasteiger partial charge in [-0.15, -0.1) is 0 Å². The molecule has 15 heavy (non-hydrogen) atoms. The van der Waals surface area contributed by atoms with E-state index in [1.807, 2.05) is 0 Å². The molecule has 4 nitrogen and oxygen atoms in total. The Labute approximate surface area is 92.1 Å². The Morgan fingerprint density at radius 2 is 2.00 bits per heavy atom. The molecule has 0 radical (unpaired) electrons. The first kappa shape index (κ1) is 12.0. The monoisotopic (exact) mass is 230 g/mol. The molecule has 0 fully saturated rings. The van der Waals surface area contributed by atoms with Gasteiger partial charge in [0.25, 0.3) is 6.47 Å². The number of halogens is 1. The highest BCUT2D eigenvalue weighted by molar-refractivity contribution is 6.30. The Morgan fingerprint density at radius 3 is 2.47 bits per heavy atom. The van der Waals surface area contributed by atoms with Crippen LogP contribution < -0.4 is 0 Å². The zero-order valence-electron chi connectivity index (χ0n) is 7.84. The quantitative estimate of drug-likeness (QED) is 0.583. The normalized spacial score (nSPS) is 14.3. The summed E-state index contributed by atoms with van der Waals surface area (Å²) in [5.74, 6) is -0.660. The molecule has 1 rings (SSSR count). The lowest BCUT2D eigenvalue weighted by atomic mass is 10.00. The van der Waals surface area contributed by atoms with E-state index in [2.05, 4.69) is 4.74 Å². The lowest BCUT2D eigenvalue weighted by molar-refractivity contribution is -0.157. The summed E-state index contributed by atoms with van der Waals surface area (Å²) in [6.45, 7) is -0.181. The molecule has 5 heteroatoms. The van der Waals surface area contributed by atoms with Crippen molar-refractivity contribution < 1.29 is 19.7 Å². The summed E-state index contributed by atoms with van der Waals surface area (Å²) in [5, 5.41) is 19.0. The van der Waals surface area contributed by atoms with Crippen molar-refractivity contribution in [2.45, 2.75) is 12.2 Å². The van der Waals surface area contributed by atoms with Crippen molar-refractivity contribution in [1.82, 2.24) is 0 Å². The van der Waals surface area contributed by atoms with Crippen LogP contribution >= 0.6 is 11.6 Å². The van der Waals surface area contributed by atoms with Crippen molar-refractivity contribution in [2.75, 3.05) is 6.61 Å². The van der Waals surface area contributed by atoms with Crippen LogP contribution in [0.4, 0.5) is 0 Å². The summed E-state index contributed by atoms with van der Waals surface area (Å²) in [4.78, 5) is 10.0. The van der Waals surface area contributed by atoms with Crippen molar-refractivity contribution in [3.63, 3.8) is 0 Å². The van der Waals surface area contributed by atoms with Gasteiger partial charge in [-0.1, -0.05) is 23.7 Å². The van der Waals surface area contributed by atoms with Crippen LogP contribution in [0.1, 0.15) is 11.5 Å². The first-order chi connectivity index (χ1) is 7.19. The van der Waals surface area contributed by atoms with Gasteiger partial charge >= 0.3 is 0 Å². The van der Waals surface area contributed by atoms with Crippen LogP contribution in [0.2, 0.25) is 5.02 Å². The van der Waals surface area contributed by atoms with Crippen molar-refractivity contribution in [3.05, 3.63) is 34.9 Å². The third kappa shape index (κ3) is 3.20. The van der Waals surface area contributed by atoms with Crippen LogP contribution in [0, 0.1) is 0 Å². The molecule has 0 aliphatic rings. The fraction of sp³-hybridized carbons (Fsp3) is 0.300. The van der Waals surface area contributed by atoms with Gasteiger partial charge in [-0.3, -0.25) is 4.79 Å². The van der Waals surface area contributed by atoms with Crippen molar-refractivity contribution in [3.8, 4) is 0 Å². The minimum Gasteiger partial charge on any atom is -0.437 e. The van der Waals surface area contributed by atoms with Gasteiger partial charge in [0.05, 0.1) is 12.5 Å². The molecule has 2 atom stereocenters. The number of benzene rings is 1. The maximum Gasteiger partial charge on any atom is 0.295 e. The van der Waals surface area contributed by atoms with Crippen LogP contribution in [0.15, 0.2) is 24.3 Å². The molecule has 0 spiro atoms. The zero-order chi connectivity index (χ0) is 11.3. The van der Waals surface area contributed by atoms with E-state index < -0.39 is 12.2 Å². The SMILES string of the molecule is O=COC(O)C(CO)c1ccc(Cl)cc1. The largest absolute Gasteiger partial charge is 0.437 e. The smallest absolute Gasteiger partial charge is 0.295 e. The number of ether oxygens (including phenoxy) is 1. The zero-order valence-corrected chi connectivity index (χ0v) is 8.59. The van der Waals surface area contributed by atoms with Gasteiger partial charge in [0.15, 0.2) is 0 Å². The third-order valence-electron chi connectivity index (χ3n) is 2.03. The summed E-state index contributed by atoms with van der Waals surface area (Å²) in [6, 6.07) is 6.57. The van der Waals surface area contributed by atoms with Gasteiger partial charge in [-0.2, -0.15) is 0 Å². The molecule has 2 unspecified atom stereocenters. The Kier molecular flexibility index (Phi) is 4.55. The molecule has 2 N–H and O–H groups in total. The fourth-order valence-electron chi connectivity index (χ4n) is 1.22. The number of aliphatic hydroxyl groups is 2. The molecule has 0 saturated heterocycles. The molecular weight excluding hydrogens is 220 g/mol. The average molecular weight is 231 g/mol. The average Bonchev–Trinajstić information content (AvgIpc) is 2.22. The lowest BCUT2D eigenvalue weighted by Gasteiger charge is -2.19. The van der Waals surface area contributed by atoms with E-state index in [1.165, 1.54) is 0 Å². The summed E-state index contributed by atoms with van der Waals surface area (Å²) < 4.78 is 4.36. The van der Waals surface area contributed by atoms with E-state index in [0.29, 0.717) is 10.6 Å². The van der Waals surface area contributed by atoms with E-state index >= 15 is 0 Å². The van der Waals surface area contributed by atoms with Crippen LogP contribution in [0.25, 0.3) is 0 Å². The van der Waals surface area contributed by atoms with Gasteiger partial charge in [-0.05, 0) is 17.7 Å². The van der Waals surface area contributed by atoms with E-state index in [1.54, 1.807) is 24.3 Å². The van der Waals surface area contributed by atoms with E-state index in [0.717, 1.165) is 0 Å². The maximum absolute atomic E-state index is 10.0. The van der Waals surface area contributed by atoms with Crippen LogP contribution in [0.5, 0.6) is 0 Å². The maximum atomic E-state index is 10.0. The molecule has 0 aliphatic heterocycles. The number of hydrogen-bond acceptors (Lipinski definition) is 4. The number of carbonyl (C=O) groups excluding carboxylic acids is 1. The fourth-order valence-corrected chi connectivity index (χ4v) is 1.35. The molecule has 0 aliphatic carbocycles. The Bertz CT molecular complexity index is 312. The molecular formula is C10H11ClO4. The number of rotatable bonds is 5. The van der Waals surface area contributed by atoms with Gasteiger partial charge in [-0.25, -0.2) is 0 Å². The van der Waals surface area contributed by atoms with E-state index in [-0.39, 0.29) is 13.1 Å². The lowest BCUT2D eigenvalue weighted by Crippen LogP contribution is -2.24. The van der Waals surface area contributed by atoms with Crippen molar-refractivity contribution >= 4 is 18.1 Å². The molecule has 82 valence electrons. The van der Waals surface area contributed by atoms with E-state index in [4.69, 9.17) is 16.7 Å². The molecule has 0 heterocycles. The van der Waals surface area contributed by atoms with Gasteiger partial charge in [0.1, 0.15) is 0 Å². The second-order valence-corrected chi connectivity index (χ2v) is 3.40. The second-order valence-electron chi connectivity index (χ2n) is 2.96. The van der Waals surface area contributed by atoms with Crippen LogP contribution in [-0.4, -0.2) is 29.6 Å². The minimum absolute atomic E-state index is 0.142. The summed E-state index contributed by atoms with van der Waals surface area (Å²) in [7, 11) is 0. The van der Waals surface area contributed by atoms with Crippen molar-refractivity contribution in [2.24, 2.45) is 0 Å². The first-order valence-electron chi connectivity index (χ1n) is 4.32. The number of carbonyl (C=O) groups is 1. The van der Waals surface area contributed by atoms with Gasteiger partial charge in [0, 0.05) is 5.02 Å². The molecule has 1 aromatic carbocycles. The third-order valence-corrected chi connectivity index (χ3v) is 2.29. The van der Waals surface area contributed by atoms with E-state index in [9.17, 15) is 9.90 Å². The molecule has 1 aromatic rings. The summed E-state index contributed by atoms with van der Waals surface area (Å²) in [6.07, 6.45) is -1.35. The van der Waals surface area contributed by atoms with Gasteiger partial charge < -0.3 is 14.9 Å². The highest BCUT2D eigenvalue weighted by atomic mass is 35.5. The number of hydrogen-bond donors (Lipinski definition) is 2. The highest BCUT2D eigenvalue weighted by Crippen LogP contribution is 2.21. The standard InChI is InChI=1S/C10H11ClO4/c11-8-3-1-7(2-4-8)9(5-12)10(14)15-6-13/h1-4,6,9-10,12,14H,5H2. The summed E-state index contributed by atoms with van der Waals surface area (Å²) in [5.41, 5.74) is 0.649. The number of aliphatic hydroxyl groups excluding tert-OH is 2. The molecule has 0 amide bonds. The predicted molar refractivity (Wildman–Crippen MR) is 54.4 cm³/mol. The van der Waals surface area contributed by atoms with Crippen LogP contribution in [-0.2, 0) is 9.53 Å². The molecule has 0 aromatic heterocycles. The van der Waals surface area contributed by atoms with Crippen molar-refractivity contribution in [1.29, 1.82) is 0 Å². The predicted octanol–water partition coefficient (Wildman–Crippen LogP) is 0.907. The topological polar surface area (TPSA) is 66.8 Å². The Morgan fingerprint density at radius 1 is 1.40 bits per heavy atom. The van der Waals surface area contributed by atoms with Gasteiger partial charge in [0.2, 0.25) is 6.29 Å². The van der Waals surface area contributed by atoms with Crippen LogP contribution in [0.3, 0.4) is 0 Å². The second kappa shape index (κ2) is 5.70. The Balaban J connectivity index is 2.81. The Hall–Kier alpha value is -1.10. The first-order valence-corrected chi connectivity index (χ1v) is 4.70. The summed E-state index contributed by atoms with van der Waals surface area (Å²) >= 11 is 5.69. The highest BCUT2D eigenvalue weighted by Gasteiger charge is 2.21. The molecule has 0 bridgehead atoms. The minimum atomic E-state index is -1.35.